The van der Waals surface area contributed by atoms with E-state index in [-0.39, 0.29) is 29.5 Å². The van der Waals surface area contributed by atoms with Gasteiger partial charge in [-0.05, 0) is 48.0 Å². The molecule has 0 spiro atoms. The van der Waals surface area contributed by atoms with E-state index >= 15 is 0 Å². The Bertz CT molecular complexity index is 1200. The molecule has 3 aromatic rings. The standard InChI is InChI=1S/C21H17BrN2O5S/c22-15-7-8-18(24-30(26,27)16-4-2-1-3-5-16)17(11-15)21(25)23-12-14-6-9-19-20(10-14)29-13-28-19/h1-11,24H,12-13H2,(H,23,25). The molecule has 0 saturated carbocycles. The molecule has 0 atom stereocenters. The predicted molar refractivity (Wildman–Crippen MR) is 115 cm³/mol. The number of hydrogen-bond acceptors (Lipinski definition) is 5. The fourth-order valence-electron chi connectivity index (χ4n) is 2.93. The quantitative estimate of drug-likeness (QED) is 0.548. The second-order valence-corrected chi connectivity index (χ2v) is 9.08. The molecule has 7 nitrogen and oxygen atoms in total. The Balaban J connectivity index is 1.53. The summed E-state index contributed by atoms with van der Waals surface area (Å²) in [5.74, 6) is 0.870. The highest BCUT2D eigenvalue weighted by Crippen LogP contribution is 2.32. The van der Waals surface area contributed by atoms with Gasteiger partial charge in [-0.3, -0.25) is 9.52 Å². The molecule has 3 aromatic carbocycles. The predicted octanol–water partition coefficient (Wildman–Crippen LogP) is 3.91. The number of ether oxygens (including phenoxy) is 2. The maximum absolute atomic E-state index is 12.8. The van der Waals surface area contributed by atoms with Crippen LogP contribution in [0.2, 0.25) is 0 Å². The largest absolute Gasteiger partial charge is 0.454 e. The van der Waals surface area contributed by atoms with Crippen molar-refractivity contribution in [2.75, 3.05) is 11.5 Å². The lowest BCUT2D eigenvalue weighted by Gasteiger charge is -2.13. The third-order valence-corrected chi connectivity index (χ3v) is 6.29. The molecule has 1 heterocycles. The van der Waals surface area contributed by atoms with E-state index in [0.29, 0.717) is 16.0 Å². The Morgan fingerprint density at radius 3 is 2.53 bits per heavy atom. The average molecular weight is 489 g/mol. The van der Waals surface area contributed by atoms with Crippen LogP contribution in [0.5, 0.6) is 11.5 Å². The van der Waals surface area contributed by atoms with Crippen molar-refractivity contribution in [3.8, 4) is 11.5 Å². The van der Waals surface area contributed by atoms with Crippen LogP contribution in [0.4, 0.5) is 5.69 Å². The number of carbonyl (C=O) groups excluding carboxylic acids is 1. The number of carbonyl (C=O) groups is 1. The summed E-state index contributed by atoms with van der Waals surface area (Å²) in [5.41, 5.74) is 1.21. The van der Waals surface area contributed by atoms with Gasteiger partial charge in [0.1, 0.15) is 0 Å². The SMILES string of the molecule is O=C(NCc1ccc2c(c1)OCO2)c1cc(Br)ccc1NS(=O)(=O)c1ccccc1. The number of rotatable bonds is 6. The maximum Gasteiger partial charge on any atom is 0.261 e. The summed E-state index contributed by atoms with van der Waals surface area (Å²) in [6.07, 6.45) is 0. The van der Waals surface area contributed by atoms with Gasteiger partial charge in [-0.2, -0.15) is 0 Å². The van der Waals surface area contributed by atoms with Crippen molar-refractivity contribution in [1.29, 1.82) is 0 Å². The van der Waals surface area contributed by atoms with E-state index in [1.54, 1.807) is 48.5 Å². The zero-order valence-corrected chi connectivity index (χ0v) is 18.0. The van der Waals surface area contributed by atoms with Gasteiger partial charge in [-0.15, -0.1) is 0 Å². The minimum Gasteiger partial charge on any atom is -0.454 e. The monoisotopic (exact) mass is 488 g/mol. The Hall–Kier alpha value is -3.04. The minimum absolute atomic E-state index is 0.111. The highest BCUT2D eigenvalue weighted by molar-refractivity contribution is 9.10. The molecule has 2 N–H and O–H groups in total. The third-order valence-electron chi connectivity index (χ3n) is 4.41. The Labute approximate surface area is 182 Å². The summed E-state index contributed by atoms with van der Waals surface area (Å²) in [6.45, 7) is 0.418. The summed E-state index contributed by atoms with van der Waals surface area (Å²) in [7, 11) is -3.83. The normalized spacial score (nSPS) is 12.4. The van der Waals surface area contributed by atoms with E-state index in [9.17, 15) is 13.2 Å². The second-order valence-electron chi connectivity index (χ2n) is 6.48. The first-order valence-electron chi connectivity index (χ1n) is 8.96. The van der Waals surface area contributed by atoms with Crippen LogP contribution < -0.4 is 19.5 Å². The van der Waals surface area contributed by atoms with Crippen molar-refractivity contribution < 1.29 is 22.7 Å². The van der Waals surface area contributed by atoms with Crippen molar-refractivity contribution >= 4 is 37.5 Å². The van der Waals surface area contributed by atoms with Gasteiger partial charge in [0.15, 0.2) is 11.5 Å². The topological polar surface area (TPSA) is 93.7 Å². The van der Waals surface area contributed by atoms with Crippen molar-refractivity contribution in [1.82, 2.24) is 5.32 Å². The summed E-state index contributed by atoms with van der Waals surface area (Å²) < 4.78 is 39.1. The number of sulfonamides is 1. The minimum atomic E-state index is -3.83. The number of amides is 1. The number of halogens is 1. The number of benzene rings is 3. The summed E-state index contributed by atoms with van der Waals surface area (Å²) in [4.78, 5) is 12.9. The fraction of sp³-hybridized carbons (Fsp3) is 0.0952. The van der Waals surface area contributed by atoms with Crippen LogP contribution in [0.25, 0.3) is 0 Å². The number of nitrogens with one attached hydrogen (secondary N) is 2. The van der Waals surface area contributed by atoms with Gasteiger partial charge in [-0.25, -0.2) is 8.42 Å². The molecule has 154 valence electrons. The molecule has 0 bridgehead atoms. The smallest absolute Gasteiger partial charge is 0.261 e. The molecular weight excluding hydrogens is 472 g/mol. The van der Waals surface area contributed by atoms with Crippen molar-refractivity contribution in [2.45, 2.75) is 11.4 Å². The molecule has 0 fully saturated rings. The van der Waals surface area contributed by atoms with Crippen molar-refractivity contribution in [3.05, 3.63) is 82.3 Å². The van der Waals surface area contributed by atoms with E-state index in [1.165, 1.54) is 12.1 Å². The molecule has 0 radical (unpaired) electrons. The first-order valence-corrected chi connectivity index (χ1v) is 11.2. The van der Waals surface area contributed by atoms with Crippen LogP contribution in [0.3, 0.4) is 0 Å². The van der Waals surface area contributed by atoms with Crippen LogP contribution in [0.15, 0.2) is 76.1 Å². The number of anilines is 1. The first-order chi connectivity index (χ1) is 14.4. The second kappa shape index (κ2) is 8.37. The Kier molecular flexibility index (Phi) is 5.65. The van der Waals surface area contributed by atoms with Crippen molar-refractivity contribution in [3.63, 3.8) is 0 Å². The lowest BCUT2D eigenvalue weighted by molar-refractivity contribution is 0.0951. The highest BCUT2D eigenvalue weighted by Gasteiger charge is 2.19. The lowest BCUT2D eigenvalue weighted by Crippen LogP contribution is -2.25. The number of hydrogen-bond donors (Lipinski definition) is 2. The van der Waals surface area contributed by atoms with Gasteiger partial charge in [-0.1, -0.05) is 40.2 Å². The molecule has 0 saturated heterocycles. The number of fused-ring (bicyclic) bond motifs is 1. The molecule has 0 aliphatic carbocycles. The Morgan fingerprint density at radius 1 is 0.967 bits per heavy atom. The van der Waals surface area contributed by atoms with Crippen LogP contribution in [0.1, 0.15) is 15.9 Å². The van der Waals surface area contributed by atoms with Gasteiger partial charge in [0.2, 0.25) is 6.79 Å². The molecule has 9 heteroatoms. The van der Waals surface area contributed by atoms with Crippen LogP contribution in [-0.4, -0.2) is 21.1 Å². The van der Waals surface area contributed by atoms with Crippen LogP contribution in [0, 0.1) is 0 Å². The Morgan fingerprint density at radius 2 is 1.73 bits per heavy atom. The molecule has 30 heavy (non-hydrogen) atoms. The van der Waals surface area contributed by atoms with E-state index in [2.05, 4.69) is 26.0 Å². The van der Waals surface area contributed by atoms with E-state index in [0.717, 1.165) is 5.56 Å². The highest BCUT2D eigenvalue weighted by atomic mass is 79.9. The average Bonchev–Trinajstić information content (AvgIpc) is 3.21. The molecule has 0 unspecified atom stereocenters. The molecular formula is C21H17BrN2O5S. The molecule has 1 amide bonds. The van der Waals surface area contributed by atoms with E-state index in [4.69, 9.17) is 9.47 Å². The molecule has 0 aromatic heterocycles. The van der Waals surface area contributed by atoms with Gasteiger partial charge in [0.25, 0.3) is 15.9 Å². The van der Waals surface area contributed by atoms with E-state index in [1.807, 2.05) is 6.07 Å². The van der Waals surface area contributed by atoms with Crippen molar-refractivity contribution in [2.24, 2.45) is 0 Å². The lowest BCUT2D eigenvalue weighted by atomic mass is 10.1. The van der Waals surface area contributed by atoms with Crippen LogP contribution >= 0.6 is 15.9 Å². The summed E-state index contributed by atoms with van der Waals surface area (Å²) in [5, 5.41) is 2.81. The molecule has 4 rings (SSSR count). The maximum atomic E-state index is 12.8. The van der Waals surface area contributed by atoms with Crippen LogP contribution in [-0.2, 0) is 16.6 Å². The molecule has 1 aliphatic rings. The fourth-order valence-corrected chi connectivity index (χ4v) is 4.39. The summed E-state index contributed by atoms with van der Waals surface area (Å²) in [6, 6.07) is 18.1. The van der Waals surface area contributed by atoms with Gasteiger partial charge in [0, 0.05) is 11.0 Å². The zero-order chi connectivity index (χ0) is 21.1. The first kappa shape index (κ1) is 20.2. The van der Waals surface area contributed by atoms with Gasteiger partial charge < -0.3 is 14.8 Å². The zero-order valence-electron chi connectivity index (χ0n) is 15.6. The molecule has 1 aliphatic heterocycles. The summed E-state index contributed by atoms with van der Waals surface area (Å²) >= 11 is 3.33. The third kappa shape index (κ3) is 4.42. The van der Waals surface area contributed by atoms with Gasteiger partial charge in [0.05, 0.1) is 16.1 Å². The van der Waals surface area contributed by atoms with E-state index < -0.39 is 15.9 Å². The van der Waals surface area contributed by atoms with Gasteiger partial charge >= 0.3 is 0 Å².